The molecular weight excluding hydrogens is 346 g/mol. The van der Waals surface area contributed by atoms with E-state index >= 15 is 0 Å². The summed E-state index contributed by atoms with van der Waals surface area (Å²) in [5.74, 6) is 1.94. The van der Waals surface area contributed by atoms with E-state index in [0.717, 1.165) is 15.6 Å². The minimum absolute atomic E-state index is 0.198. The molecule has 0 spiro atoms. The van der Waals surface area contributed by atoms with Gasteiger partial charge in [-0.1, -0.05) is 28.1 Å². The Morgan fingerprint density at radius 2 is 1.91 bits per heavy atom. The van der Waals surface area contributed by atoms with Crippen molar-refractivity contribution in [3.05, 3.63) is 52.0 Å². The second-order valence-electron chi connectivity index (χ2n) is 4.62. The molecule has 0 amide bonds. The van der Waals surface area contributed by atoms with Crippen LogP contribution in [0.15, 0.2) is 40.9 Å². The molecule has 0 atom stereocenters. The summed E-state index contributed by atoms with van der Waals surface area (Å²) in [6.07, 6.45) is 1.78. The van der Waals surface area contributed by atoms with E-state index in [0.29, 0.717) is 22.8 Å². The van der Waals surface area contributed by atoms with Crippen LogP contribution in [0.25, 0.3) is 11.6 Å². The molecule has 0 aromatic heterocycles. The Hall–Kier alpha value is -2.45. The van der Waals surface area contributed by atoms with Gasteiger partial charge in [0.15, 0.2) is 11.5 Å². The van der Waals surface area contributed by atoms with E-state index < -0.39 is 0 Å². The lowest BCUT2D eigenvalue weighted by molar-refractivity contribution is 0.174. The van der Waals surface area contributed by atoms with Crippen LogP contribution >= 0.6 is 15.9 Å². The second-order valence-corrected chi connectivity index (χ2v) is 5.54. The highest BCUT2D eigenvalue weighted by Crippen LogP contribution is 2.39. The maximum Gasteiger partial charge on any atom is 0.231 e. The van der Waals surface area contributed by atoms with Crippen molar-refractivity contribution in [3.63, 3.8) is 0 Å². The van der Waals surface area contributed by atoms with Gasteiger partial charge in [-0.15, -0.1) is 0 Å². The largest absolute Gasteiger partial charge is 0.496 e. The third kappa shape index (κ3) is 2.78. The van der Waals surface area contributed by atoms with Gasteiger partial charge in [-0.05, 0) is 29.8 Å². The summed E-state index contributed by atoms with van der Waals surface area (Å²) in [6.45, 7) is 0.198. The first-order chi connectivity index (χ1) is 10.7. The van der Waals surface area contributed by atoms with Gasteiger partial charge in [-0.2, -0.15) is 5.26 Å². The highest BCUT2D eigenvalue weighted by molar-refractivity contribution is 9.10. The quantitative estimate of drug-likeness (QED) is 0.608. The molecule has 0 aliphatic carbocycles. The van der Waals surface area contributed by atoms with Crippen LogP contribution < -0.4 is 14.2 Å². The molecule has 1 heterocycles. The molecule has 110 valence electrons. The van der Waals surface area contributed by atoms with Crippen molar-refractivity contribution in [1.82, 2.24) is 0 Å². The number of rotatable bonds is 3. The van der Waals surface area contributed by atoms with Crippen molar-refractivity contribution >= 4 is 27.6 Å². The van der Waals surface area contributed by atoms with Crippen LogP contribution in [0.5, 0.6) is 17.2 Å². The van der Waals surface area contributed by atoms with Gasteiger partial charge in [0, 0.05) is 16.1 Å². The summed E-state index contributed by atoms with van der Waals surface area (Å²) in [5.41, 5.74) is 2.15. The molecule has 1 aliphatic heterocycles. The summed E-state index contributed by atoms with van der Waals surface area (Å²) in [6, 6.07) is 13.4. The average Bonchev–Trinajstić information content (AvgIpc) is 2.99. The molecule has 5 heteroatoms. The lowest BCUT2D eigenvalue weighted by Gasteiger charge is -2.07. The van der Waals surface area contributed by atoms with Crippen molar-refractivity contribution in [2.45, 2.75) is 0 Å². The molecule has 2 aromatic rings. The van der Waals surface area contributed by atoms with Gasteiger partial charge < -0.3 is 14.2 Å². The number of hydrogen-bond acceptors (Lipinski definition) is 4. The second kappa shape index (κ2) is 6.12. The predicted molar refractivity (Wildman–Crippen MR) is 86.7 cm³/mol. The molecule has 2 aromatic carbocycles. The Labute approximate surface area is 136 Å². The minimum atomic E-state index is 0.198. The van der Waals surface area contributed by atoms with E-state index in [4.69, 9.17) is 14.2 Å². The highest BCUT2D eigenvalue weighted by Gasteiger charge is 2.17. The summed E-state index contributed by atoms with van der Waals surface area (Å²) in [4.78, 5) is 0. The lowest BCUT2D eigenvalue weighted by Crippen LogP contribution is -1.92. The third-order valence-electron chi connectivity index (χ3n) is 3.30. The Bertz CT molecular complexity index is 776. The zero-order valence-electron chi connectivity index (χ0n) is 11.8. The van der Waals surface area contributed by atoms with Crippen LogP contribution in [0.2, 0.25) is 0 Å². The Kier molecular flexibility index (Phi) is 4.03. The van der Waals surface area contributed by atoms with Crippen molar-refractivity contribution in [3.8, 4) is 23.3 Å². The number of fused-ring (bicyclic) bond motifs is 1. The van der Waals surface area contributed by atoms with Crippen LogP contribution in [0.4, 0.5) is 0 Å². The maximum atomic E-state index is 9.44. The number of nitrogens with zero attached hydrogens (tertiary/aromatic N) is 1. The maximum absolute atomic E-state index is 9.44. The molecular formula is C17H12BrNO3. The SMILES string of the molecule is COc1cc2c(cc1/C=C(\C#N)c1ccc(Br)cc1)OCO2. The standard InChI is InChI=1S/C17H12BrNO3/c1-20-15-8-17-16(21-10-22-17)7-12(15)6-13(9-19)11-2-4-14(18)5-3-11/h2-8H,10H2,1H3/b13-6+. The fourth-order valence-corrected chi connectivity index (χ4v) is 2.46. The molecule has 22 heavy (non-hydrogen) atoms. The third-order valence-corrected chi connectivity index (χ3v) is 3.83. The van der Waals surface area contributed by atoms with Crippen LogP contribution in [0, 0.1) is 11.3 Å². The molecule has 0 unspecified atom stereocenters. The van der Waals surface area contributed by atoms with Gasteiger partial charge in [-0.3, -0.25) is 0 Å². The zero-order chi connectivity index (χ0) is 15.5. The van der Waals surface area contributed by atoms with E-state index in [-0.39, 0.29) is 6.79 Å². The monoisotopic (exact) mass is 357 g/mol. The molecule has 0 saturated heterocycles. The van der Waals surface area contributed by atoms with Gasteiger partial charge in [-0.25, -0.2) is 0 Å². The van der Waals surface area contributed by atoms with E-state index in [2.05, 4.69) is 22.0 Å². The number of benzene rings is 2. The molecule has 0 fully saturated rings. The van der Waals surface area contributed by atoms with E-state index in [9.17, 15) is 5.26 Å². The van der Waals surface area contributed by atoms with Crippen LogP contribution in [-0.2, 0) is 0 Å². The first-order valence-electron chi connectivity index (χ1n) is 6.56. The molecule has 4 nitrogen and oxygen atoms in total. The Morgan fingerprint density at radius 1 is 1.23 bits per heavy atom. The molecule has 0 bridgehead atoms. The lowest BCUT2D eigenvalue weighted by atomic mass is 10.0. The first-order valence-corrected chi connectivity index (χ1v) is 7.36. The number of nitriles is 1. The number of halogens is 1. The normalized spacial score (nSPS) is 12.9. The average molecular weight is 358 g/mol. The fraction of sp³-hybridized carbons (Fsp3) is 0.118. The van der Waals surface area contributed by atoms with Crippen molar-refractivity contribution in [2.24, 2.45) is 0 Å². The van der Waals surface area contributed by atoms with Crippen LogP contribution in [0.3, 0.4) is 0 Å². The van der Waals surface area contributed by atoms with E-state index in [1.165, 1.54) is 0 Å². The molecule has 0 N–H and O–H groups in total. The van der Waals surface area contributed by atoms with Gasteiger partial charge in [0.25, 0.3) is 0 Å². The summed E-state index contributed by atoms with van der Waals surface area (Å²) < 4.78 is 17.1. The molecule has 3 rings (SSSR count). The van der Waals surface area contributed by atoms with Gasteiger partial charge in [0.05, 0.1) is 18.8 Å². The number of methoxy groups -OCH3 is 1. The summed E-state index contributed by atoms with van der Waals surface area (Å²) in [5, 5.41) is 9.44. The van der Waals surface area contributed by atoms with Crippen LogP contribution in [-0.4, -0.2) is 13.9 Å². The van der Waals surface area contributed by atoms with Crippen molar-refractivity contribution < 1.29 is 14.2 Å². The summed E-state index contributed by atoms with van der Waals surface area (Å²) in [7, 11) is 1.58. The van der Waals surface area contributed by atoms with Gasteiger partial charge in [0.2, 0.25) is 6.79 Å². The zero-order valence-corrected chi connectivity index (χ0v) is 13.4. The Balaban J connectivity index is 2.06. The highest BCUT2D eigenvalue weighted by atomic mass is 79.9. The number of allylic oxidation sites excluding steroid dienone is 1. The topological polar surface area (TPSA) is 51.5 Å². The number of ether oxygens (including phenoxy) is 3. The molecule has 0 radical (unpaired) electrons. The van der Waals surface area contributed by atoms with E-state index in [1.807, 2.05) is 30.3 Å². The van der Waals surface area contributed by atoms with Crippen molar-refractivity contribution in [2.75, 3.05) is 13.9 Å². The van der Waals surface area contributed by atoms with Gasteiger partial charge in [0.1, 0.15) is 5.75 Å². The summed E-state index contributed by atoms with van der Waals surface area (Å²) >= 11 is 3.39. The first kappa shape index (κ1) is 14.5. The minimum Gasteiger partial charge on any atom is -0.496 e. The van der Waals surface area contributed by atoms with Gasteiger partial charge >= 0.3 is 0 Å². The van der Waals surface area contributed by atoms with Crippen LogP contribution in [0.1, 0.15) is 11.1 Å². The van der Waals surface area contributed by atoms with Crippen molar-refractivity contribution in [1.29, 1.82) is 5.26 Å². The smallest absolute Gasteiger partial charge is 0.231 e. The predicted octanol–water partition coefficient (Wildman–Crippen LogP) is 4.25. The van der Waals surface area contributed by atoms with E-state index in [1.54, 1.807) is 19.3 Å². The molecule has 1 aliphatic rings. The Morgan fingerprint density at radius 3 is 2.55 bits per heavy atom. The fourth-order valence-electron chi connectivity index (χ4n) is 2.19. The molecule has 0 saturated carbocycles. The number of hydrogen-bond donors (Lipinski definition) is 0.